The molecule has 0 spiro atoms. The molecule has 3 amide bonds. The highest BCUT2D eigenvalue weighted by atomic mass is 35.5. The number of nitrogens with one attached hydrogen (secondary N) is 2. The van der Waals surface area contributed by atoms with Crippen LogP contribution in [0, 0.1) is 11.6 Å². The highest BCUT2D eigenvalue weighted by Crippen LogP contribution is 2.34. The molecule has 0 aromatic heterocycles. The number of urea groups is 1. The molecular formula is C22H24ClF2N3O4. The Morgan fingerprint density at radius 1 is 1.19 bits per heavy atom. The van der Waals surface area contributed by atoms with Crippen LogP contribution in [-0.2, 0) is 9.53 Å². The Bertz CT molecular complexity index is 951. The van der Waals surface area contributed by atoms with Crippen molar-refractivity contribution < 1.29 is 27.8 Å². The molecule has 2 N–H and O–H groups in total. The molecule has 2 aromatic rings. The Morgan fingerprint density at radius 3 is 2.44 bits per heavy atom. The summed E-state index contributed by atoms with van der Waals surface area (Å²) in [6, 6.07) is 7.18. The van der Waals surface area contributed by atoms with E-state index in [2.05, 4.69) is 10.6 Å². The van der Waals surface area contributed by atoms with E-state index in [0.29, 0.717) is 10.7 Å². The number of piperidine rings is 1. The molecule has 2 unspecified atom stereocenters. The predicted octanol–water partition coefficient (Wildman–Crippen LogP) is 3.78. The second-order valence-corrected chi connectivity index (χ2v) is 7.80. The number of nitrogens with zero attached hydrogens (tertiary/aromatic N) is 1. The monoisotopic (exact) mass is 467 g/mol. The molecule has 7 nitrogen and oxygen atoms in total. The molecule has 0 bridgehead atoms. The standard InChI is InChI=1S/C22H24ClF2N3O4/c1-31-8-7-28-12-16(21-17(24)9-15(32-2)10-18(21)25)19(11-20(28)29)27-22(30)26-14-5-3-13(23)4-6-14/h3-6,9-10,16,19H,7-8,11-12H2,1-2H3,(H2,26,27,30). The summed E-state index contributed by atoms with van der Waals surface area (Å²) >= 11 is 5.85. The fourth-order valence-electron chi connectivity index (χ4n) is 3.69. The normalized spacial score (nSPS) is 18.4. The first-order chi connectivity index (χ1) is 15.3. The number of likely N-dealkylation sites (tertiary alicyclic amines) is 1. The van der Waals surface area contributed by atoms with E-state index in [9.17, 15) is 18.4 Å². The van der Waals surface area contributed by atoms with E-state index in [4.69, 9.17) is 21.1 Å². The van der Waals surface area contributed by atoms with Crippen molar-refractivity contribution in [1.82, 2.24) is 10.2 Å². The van der Waals surface area contributed by atoms with Gasteiger partial charge in [-0.05, 0) is 24.3 Å². The summed E-state index contributed by atoms with van der Waals surface area (Å²) in [6.07, 6.45) is -0.118. The van der Waals surface area contributed by atoms with Gasteiger partial charge in [-0.1, -0.05) is 11.6 Å². The van der Waals surface area contributed by atoms with Crippen LogP contribution in [0.2, 0.25) is 5.02 Å². The quantitative estimate of drug-likeness (QED) is 0.649. The van der Waals surface area contributed by atoms with Crippen LogP contribution in [0.25, 0.3) is 0 Å². The number of amides is 3. The molecule has 32 heavy (non-hydrogen) atoms. The van der Waals surface area contributed by atoms with Crippen molar-refractivity contribution >= 4 is 29.2 Å². The lowest BCUT2D eigenvalue weighted by Crippen LogP contribution is -2.54. The van der Waals surface area contributed by atoms with Crippen molar-refractivity contribution in [3.8, 4) is 5.75 Å². The molecule has 10 heteroatoms. The molecule has 1 heterocycles. The highest BCUT2D eigenvalue weighted by molar-refractivity contribution is 6.30. The van der Waals surface area contributed by atoms with Gasteiger partial charge in [0.2, 0.25) is 5.91 Å². The second-order valence-electron chi connectivity index (χ2n) is 7.36. The summed E-state index contributed by atoms with van der Waals surface area (Å²) in [6.45, 7) is 0.574. The third-order valence-electron chi connectivity index (χ3n) is 5.29. The van der Waals surface area contributed by atoms with Gasteiger partial charge in [-0.15, -0.1) is 0 Å². The Labute approximate surface area is 189 Å². The van der Waals surface area contributed by atoms with E-state index in [1.54, 1.807) is 24.3 Å². The van der Waals surface area contributed by atoms with Gasteiger partial charge in [0.25, 0.3) is 0 Å². The average Bonchev–Trinajstić information content (AvgIpc) is 2.75. The summed E-state index contributed by atoms with van der Waals surface area (Å²) in [4.78, 5) is 26.7. The molecular weight excluding hydrogens is 444 g/mol. The molecule has 0 aliphatic carbocycles. The van der Waals surface area contributed by atoms with Gasteiger partial charge in [0.1, 0.15) is 17.4 Å². The van der Waals surface area contributed by atoms with Crippen LogP contribution in [0.3, 0.4) is 0 Å². The minimum Gasteiger partial charge on any atom is -0.497 e. The molecule has 1 saturated heterocycles. The summed E-state index contributed by atoms with van der Waals surface area (Å²) in [7, 11) is 2.81. The fourth-order valence-corrected chi connectivity index (χ4v) is 3.82. The zero-order valence-electron chi connectivity index (χ0n) is 17.7. The van der Waals surface area contributed by atoms with Crippen LogP contribution in [0.5, 0.6) is 5.75 Å². The summed E-state index contributed by atoms with van der Waals surface area (Å²) < 4.78 is 39.7. The van der Waals surface area contributed by atoms with Crippen molar-refractivity contribution in [2.45, 2.75) is 18.4 Å². The molecule has 3 rings (SSSR count). The zero-order valence-corrected chi connectivity index (χ0v) is 18.4. The number of carbonyl (C=O) groups excluding carboxylic acids is 2. The lowest BCUT2D eigenvalue weighted by atomic mass is 9.84. The van der Waals surface area contributed by atoms with Crippen LogP contribution in [0.15, 0.2) is 36.4 Å². The predicted molar refractivity (Wildman–Crippen MR) is 116 cm³/mol. The first kappa shape index (κ1) is 23.7. The third kappa shape index (κ3) is 5.66. The van der Waals surface area contributed by atoms with E-state index in [-0.39, 0.29) is 43.3 Å². The summed E-state index contributed by atoms with van der Waals surface area (Å²) in [5, 5.41) is 5.84. The van der Waals surface area contributed by atoms with E-state index in [0.717, 1.165) is 12.1 Å². The van der Waals surface area contributed by atoms with E-state index >= 15 is 0 Å². The van der Waals surface area contributed by atoms with Gasteiger partial charge in [-0.2, -0.15) is 0 Å². The zero-order chi connectivity index (χ0) is 23.3. The number of carbonyl (C=O) groups is 2. The van der Waals surface area contributed by atoms with Crippen molar-refractivity contribution in [1.29, 1.82) is 0 Å². The molecule has 172 valence electrons. The molecule has 2 atom stereocenters. The van der Waals surface area contributed by atoms with Gasteiger partial charge in [-0.25, -0.2) is 13.6 Å². The second kappa shape index (κ2) is 10.6. The molecule has 1 fully saturated rings. The third-order valence-corrected chi connectivity index (χ3v) is 5.54. The largest absolute Gasteiger partial charge is 0.497 e. The Balaban J connectivity index is 1.85. The van der Waals surface area contributed by atoms with E-state index in [1.165, 1.54) is 19.1 Å². The van der Waals surface area contributed by atoms with Gasteiger partial charge < -0.3 is 25.0 Å². The number of rotatable bonds is 7. The molecule has 1 aliphatic heterocycles. The van der Waals surface area contributed by atoms with Gasteiger partial charge in [0, 0.05) is 67.0 Å². The van der Waals surface area contributed by atoms with Crippen LogP contribution >= 0.6 is 11.6 Å². The Hall–Kier alpha value is -2.91. The summed E-state index contributed by atoms with van der Waals surface area (Å²) in [5.41, 5.74) is 0.270. The number of methoxy groups -OCH3 is 2. The van der Waals surface area contributed by atoms with E-state index < -0.39 is 29.6 Å². The Kier molecular flexibility index (Phi) is 7.87. The van der Waals surface area contributed by atoms with Crippen LogP contribution in [-0.4, -0.2) is 56.8 Å². The molecule has 1 aliphatic rings. The minimum absolute atomic E-state index is 0.0221. The number of anilines is 1. The lowest BCUT2D eigenvalue weighted by Gasteiger charge is -2.39. The number of hydrogen-bond donors (Lipinski definition) is 2. The SMILES string of the molecule is COCCN1CC(c2c(F)cc(OC)cc2F)C(NC(=O)Nc2ccc(Cl)cc2)CC1=O. The van der Waals surface area contributed by atoms with Crippen molar-refractivity contribution in [2.75, 3.05) is 39.2 Å². The fraction of sp³-hybridized carbons (Fsp3) is 0.364. The smallest absolute Gasteiger partial charge is 0.319 e. The lowest BCUT2D eigenvalue weighted by molar-refractivity contribution is -0.135. The molecule has 0 radical (unpaired) electrons. The number of halogens is 3. The number of hydrogen-bond acceptors (Lipinski definition) is 4. The maximum absolute atomic E-state index is 14.9. The topological polar surface area (TPSA) is 79.9 Å². The van der Waals surface area contributed by atoms with Crippen LogP contribution in [0.1, 0.15) is 17.9 Å². The number of benzene rings is 2. The van der Waals surface area contributed by atoms with Crippen molar-refractivity contribution in [2.24, 2.45) is 0 Å². The van der Waals surface area contributed by atoms with Crippen LogP contribution in [0.4, 0.5) is 19.3 Å². The average molecular weight is 468 g/mol. The van der Waals surface area contributed by atoms with Crippen molar-refractivity contribution in [3.63, 3.8) is 0 Å². The highest BCUT2D eigenvalue weighted by Gasteiger charge is 2.38. The molecule has 0 saturated carbocycles. The maximum Gasteiger partial charge on any atom is 0.319 e. The molecule has 2 aromatic carbocycles. The number of ether oxygens (including phenoxy) is 2. The van der Waals surface area contributed by atoms with Crippen LogP contribution < -0.4 is 15.4 Å². The van der Waals surface area contributed by atoms with Gasteiger partial charge >= 0.3 is 6.03 Å². The minimum atomic E-state index is -0.828. The Morgan fingerprint density at radius 2 is 1.84 bits per heavy atom. The van der Waals surface area contributed by atoms with Gasteiger partial charge in [0.05, 0.1) is 13.7 Å². The summed E-state index contributed by atoms with van der Waals surface area (Å²) in [5.74, 6) is -2.64. The first-order valence-corrected chi connectivity index (χ1v) is 10.3. The van der Waals surface area contributed by atoms with Gasteiger partial charge in [-0.3, -0.25) is 4.79 Å². The van der Waals surface area contributed by atoms with Gasteiger partial charge in [0.15, 0.2) is 0 Å². The van der Waals surface area contributed by atoms with E-state index in [1.807, 2.05) is 0 Å². The first-order valence-electron chi connectivity index (χ1n) is 9.95. The van der Waals surface area contributed by atoms with Crippen molar-refractivity contribution in [3.05, 3.63) is 58.6 Å². The maximum atomic E-state index is 14.9.